The van der Waals surface area contributed by atoms with Gasteiger partial charge in [0.05, 0.1) is 27.4 Å². The third-order valence-electron chi connectivity index (χ3n) is 5.88. The number of rotatable bonds is 6. The Morgan fingerprint density at radius 2 is 1.82 bits per heavy atom. The molecule has 12 heteroatoms. The summed E-state index contributed by atoms with van der Waals surface area (Å²) in [5.74, 6) is -2.82. The molecular formula is C27H22ClF4N3O4. The average Bonchev–Trinajstić information content (AvgIpc) is 2.88. The molecule has 1 heterocycles. The Labute approximate surface area is 225 Å². The maximum atomic E-state index is 13.6. The number of carbonyl (C=O) groups excluding carboxylic acids is 3. The lowest BCUT2D eigenvalue weighted by atomic mass is 10.1. The highest BCUT2D eigenvalue weighted by molar-refractivity contribution is 6.34. The standard InChI is InChI=1S/C27H22ClF4N3O4/c1-14(2)24(36)33-12-15-3-6-21(28)18(9-15)25(37)34-17-5-8-23-19(11-17)26(38)35(13-39-23)22-7-4-16(29)10-20(22)27(30,31)32/h3-11,14H,12-13H2,1-2H3,(H,33,36)(H,34,37). The molecule has 0 atom stereocenters. The monoisotopic (exact) mass is 563 g/mol. The molecule has 0 spiro atoms. The van der Waals surface area contributed by atoms with Crippen molar-refractivity contribution in [2.45, 2.75) is 26.6 Å². The Morgan fingerprint density at radius 1 is 1.08 bits per heavy atom. The molecule has 0 unspecified atom stereocenters. The second-order valence-corrected chi connectivity index (χ2v) is 9.42. The van der Waals surface area contributed by atoms with Gasteiger partial charge in [-0.3, -0.25) is 19.3 Å². The number of ether oxygens (including phenoxy) is 1. The fourth-order valence-electron chi connectivity index (χ4n) is 3.84. The Bertz CT molecular complexity index is 1460. The van der Waals surface area contributed by atoms with Crippen molar-refractivity contribution in [1.29, 1.82) is 0 Å². The van der Waals surface area contributed by atoms with Crippen LogP contribution in [-0.4, -0.2) is 24.5 Å². The minimum atomic E-state index is -4.92. The number of carbonyl (C=O) groups is 3. The summed E-state index contributed by atoms with van der Waals surface area (Å²) in [6.07, 6.45) is -4.92. The number of hydrogen-bond donors (Lipinski definition) is 2. The molecule has 3 aromatic rings. The van der Waals surface area contributed by atoms with Crippen molar-refractivity contribution in [3.05, 3.63) is 87.7 Å². The van der Waals surface area contributed by atoms with Gasteiger partial charge in [0.2, 0.25) is 5.91 Å². The molecule has 0 aromatic heterocycles. The van der Waals surface area contributed by atoms with Crippen LogP contribution in [0, 0.1) is 11.7 Å². The number of nitrogens with one attached hydrogen (secondary N) is 2. The van der Waals surface area contributed by atoms with Crippen LogP contribution in [0.5, 0.6) is 5.75 Å². The zero-order chi connectivity index (χ0) is 28.5. The predicted molar refractivity (Wildman–Crippen MR) is 136 cm³/mol. The Kier molecular flexibility index (Phi) is 7.82. The number of amides is 3. The molecule has 0 fully saturated rings. The molecule has 0 aliphatic carbocycles. The van der Waals surface area contributed by atoms with E-state index in [1.807, 2.05) is 0 Å². The van der Waals surface area contributed by atoms with E-state index in [1.165, 1.54) is 30.3 Å². The Morgan fingerprint density at radius 3 is 2.51 bits per heavy atom. The van der Waals surface area contributed by atoms with Crippen LogP contribution in [0.1, 0.15) is 45.7 Å². The Balaban J connectivity index is 1.57. The number of fused-ring (bicyclic) bond motifs is 1. The largest absolute Gasteiger partial charge is 0.472 e. The minimum Gasteiger partial charge on any atom is -0.472 e. The Hall–Kier alpha value is -4.12. The van der Waals surface area contributed by atoms with E-state index in [2.05, 4.69) is 10.6 Å². The van der Waals surface area contributed by atoms with Crippen molar-refractivity contribution < 1.29 is 36.7 Å². The number of halogens is 5. The van der Waals surface area contributed by atoms with E-state index in [4.69, 9.17) is 16.3 Å². The summed E-state index contributed by atoms with van der Waals surface area (Å²) in [7, 11) is 0. The first-order valence-electron chi connectivity index (χ1n) is 11.7. The van der Waals surface area contributed by atoms with Crippen molar-refractivity contribution in [2.75, 3.05) is 16.9 Å². The zero-order valence-corrected chi connectivity index (χ0v) is 21.4. The van der Waals surface area contributed by atoms with Gasteiger partial charge in [0, 0.05) is 18.2 Å². The van der Waals surface area contributed by atoms with Gasteiger partial charge in [-0.15, -0.1) is 0 Å². The van der Waals surface area contributed by atoms with Gasteiger partial charge in [-0.2, -0.15) is 13.2 Å². The van der Waals surface area contributed by atoms with Crippen LogP contribution in [0.4, 0.5) is 28.9 Å². The van der Waals surface area contributed by atoms with Gasteiger partial charge in [-0.05, 0) is 54.1 Å². The number of hydrogen-bond acceptors (Lipinski definition) is 4. The van der Waals surface area contributed by atoms with Crippen LogP contribution in [0.15, 0.2) is 54.6 Å². The molecule has 39 heavy (non-hydrogen) atoms. The van der Waals surface area contributed by atoms with E-state index in [1.54, 1.807) is 19.9 Å². The van der Waals surface area contributed by atoms with Gasteiger partial charge < -0.3 is 15.4 Å². The van der Waals surface area contributed by atoms with Crippen LogP contribution in [0.3, 0.4) is 0 Å². The van der Waals surface area contributed by atoms with Crippen LogP contribution >= 0.6 is 11.6 Å². The summed E-state index contributed by atoms with van der Waals surface area (Å²) in [4.78, 5) is 38.8. The van der Waals surface area contributed by atoms with E-state index in [-0.39, 0.29) is 46.0 Å². The molecule has 3 amide bonds. The molecule has 0 bridgehead atoms. The second kappa shape index (κ2) is 10.9. The quantitative estimate of drug-likeness (QED) is 0.359. The zero-order valence-electron chi connectivity index (χ0n) is 20.7. The lowest BCUT2D eigenvalue weighted by Crippen LogP contribution is -2.40. The van der Waals surface area contributed by atoms with Gasteiger partial charge in [0.15, 0.2) is 6.73 Å². The van der Waals surface area contributed by atoms with Crippen molar-refractivity contribution >= 4 is 40.7 Å². The van der Waals surface area contributed by atoms with Crippen LogP contribution in [-0.2, 0) is 17.5 Å². The highest BCUT2D eigenvalue weighted by Crippen LogP contribution is 2.39. The van der Waals surface area contributed by atoms with E-state index in [0.717, 1.165) is 17.0 Å². The molecule has 7 nitrogen and oxygen atoms in total. The third kappa shape index (κ3) is 6.14. The number of anilines is 2. The van der Waals surface area contributed by atoms with E-state index in [9.17, 15) is 31.9 Å². The molecule has 0 saturated carbocycles. The molecule has 1 aliphatic rings. The molecular weight excluding hydrogens is 542 g/mol. The van der Waals surface area contributed by atoms with E-state index >= 15 is 0 Å². The summed E-state index contributed by atoms with van der Waals surface area (Å²) in [5, 5.41) is 5.50. The van der Waals surface area contributed by atoms with E-state index < -0.39 is 41.8 Å². The van der Waals surface area contributed by atoms with Crippen LogP contribution in [0.25, 0.3) is 0 Å². The topological polar surface area (TPSA) is 87.7 Å². The summed E-state index contributed by atoms with van der Waals surface area (Å²) < 4.78 is 59.6. The van der Waals surface area contributed by atoms with Gasteiger partial charge >= 0.3 is 6.18 Å². The third-order valence-corrected chi connectivity index (χ3v) is 6.21. The molecule has 4 rings (SSSR count). The van der Waals surface area contributed by atoms with Gasteiger partial charge in [-0.25, -0.2) is 4.39 Å². The normalized spacial score (nSPS) is 13.1. The van der Waals surface area contributed by atoms with Crippen molar-refractivity contribution in [3.8, 4) is 5.75 Å². The molecule has 204 valence electrons. The number of nitrogens with zero attached hydrogens (tertiary/aromatic N) is 1. The molecule has 0 saturated heterocycles. The molecule has 2 N–H and O–H groups in total. The summed E-state index contributed by atoms with van der Waals surface area (Å²) in [5.41, 5.74) is -1.11. The second-order valence-electron chi connectivity index (χ2n) is 9.02. The fourth-order valence-corrected chi connectivity index (χ4v) is 4.04. The van der Waals surface area contributed by atoms with E-state index in [0.29, 0.717) is 11.6 Å². The lowest BCUT2D eigenvalue weighted by Gasteiger charge is -2.30. The van der Waals surface area contributed by atoms with Gasteiger partial charge in [0.1, 0.15) is 11.6 Å². The van der Waals surface area contributed by atoms with Crippen molar-refractivity contribution in [3.63, 3.8) is 0 Å². The smallest absolute Gasteiger partial charge is 0.418 e. The molecule has 1 aliphatic heterocycles. The first-order chi connectivity index (χ1) is 18.3. The maximum Gasteiger partial charge on any atom is 0.418 e. The first kappa shape index (κ1) is 27.9. The molecule has 3 aromatic carbocycles. The average molecular weight is 564 g/mol. The van der Waals surface area contributed by atoms with Gasteiger partial charge in [0.25, 0.3) is 11.8 Å². The highest BCUT2D eigenvalue weighted by atomic mass is 35.5. The van der Waals surface area contributed by atoms with Crippen LogP contribution < -0.4 is 20.3 Å². The minimum absolute atomic E-state index is 0.103. The number of alkyl halides is 3. The SMILES string of the molecule is CC(C)C(=O)NCc1ccc(Cl)c(C(=O)Nc2ccc3c(c2)C(=O)N(c2ccc(F)cc2C(F)(F)F)CO3)c1. The predicted octanol–water partition coefficient (Wildman–Crippen LogP) is 6.02. The highest BCUT2D eigenvalue weighted by Gasteiger charge is 2.38. The summed E-state index contributed by atoms with van der Waals surface area (Å²) >= 11 is 6.21. The molecule has 0 radical (unpaired) electrons. The van der Waals surface area contributed by atoms with Crippen LogP contribution in [0.2, 0.25) is 5.02 Å². The van der Waals surface area contributed by atoms with Crippen molar-refractivity contribution in [2.24, 2.45) is 5.92 Å². The van der Waals surface area contributed by atoms with Gasteiger partial charge in [-0.1, -0.05) is 31.5 Å². The number of benzene rings is 3. The van der Waals surface area contributed by atoms with Crippen molar-refractivity contribution in [1.82, 2.24) is 5.32 Å². The first-order valence-corrected chi connectivity index (χ1v) is 12.1. The lowest BCUT2D eigenvalue weighted by molar-refractivity contribution is -0.137. The fraction of sp³-hybridized carbons (Fsp3) is 0.222. The summed E-state index contributed by atoms with van der Waals surface area (Å²) in [6, 6.07) is 10.8. The maximum absolute atomic E-state index is 13.6. The summed E-state index contributed by atoms with van der Waals surface area (Å²) in [6.45, 7) is 3.15.